The van der Waals surface area contributed by atoms with Gasteiger partial charge >= 0.3 is 0 Å². The Hall–Kier alpha value is -2.08. The molecule has 0 aliphatic carbocycles. The van der Waals surface area contributed by atoms with Crippen molar-refractivity contribution in [1.29, 1.82) is 0 Å². The van der Waals surface area contributed by atoms with Crippen LogP contribution in [-0.2, 0) is 4.79 Å². The monoisotopic (exact) mass is 346 g/mol. The van der Waals surface area contributed by atoms with E-state index in [1.807, 2.05) is 36.1 Å². The molecule has 6 nitrogen and oxygen atoms in total. The number of nitrogens with zero attached hydrogens (tertiary/aromatic N) is 3. The number of carbonyl (C=O) groups excluding carboxylic acids is 2. The summed E-state index contributed by atoms with van der Waals surface area (Å²) in [6, 6.07) is 7.83. The first-order valence-electron chi connectivity index (χ1n) is 9.14. The third-order valence-electron chi connectivity index (χ3n) is 4.51. The first kappa shape index (κ1) is 19.2. The summed E-state index contributed by atoms with van der Waals surface area (Å²) in [4.78, 5) is 30.5. The number of likely N-dealkylation sites (N-methyl/N-ethyl adjacent to an activating group) is 1. The van der Waals surface area contributed by atoms with E-state index in [4.69, 9.17) is 0 Å². The van der Waals surface area contributed by atoms with Crippen molar-refractivity contribution in [3.8, 4) is 0 Å². The Kier molecular flexibility index (Phi) is 7.25. The lowest BCUT2D eigenvalue weighted by Crippen LogP contribution is -2.51. The van der Waals surface area contributed by atoms with Crippen LogP contribution in [0.2, 0.25) is 0 Å². The molecular weight excluding hydrogens is 316 g/mol. The minimum absolute atomic E-state index is 0.0501. The molecule has 1 aliphatic heterocycles. The summed E-state index contributed by atoms with van der Waals surface area (Å²) in [6.07, 6.45) is 1.09. The van der Waals surface area contributed by atoms with Crippen molar-refractivity contribution in [3.05, 3.63) is 29.8 Å². The Morgan fingerprint density at radius 1 is 1.08 bits per heavy atom. The van der Waals surface area contributed by atoms with Crippen LogP contribution in [0.5, 0.6) is 0 Å². The van der Waals surface area contributed by atoms with Crippen LogP contribution in [0.15, 0.2) is 24.3 Å². The van der Waals surface area contributed by atoms with E-state index in [2.05, 4.69) is 29.1 Å². The number of rotatable bonds is 7. The fraction of sp³-hybridized carbons (Fsp3) is 0.579. The zero-order valence-electron chi connectivity index (χ0n) is 15.6. The van der Waals surface area contributed by atoms with E-state index < -0.39 is 0 Å². The maximum Gasteiger partial charge on any atom is 0.253 e. The lowest BCUT2D eigenvalue weighted by atomic mass is 10.1. The third-order valence-corrected chi connectivity index (χ3v) is 4.51. The molecule has 1 aromatic carbocycles. The molecule has 0 spiro atoms. The Morgan fingerprint density at radius 3 is 2.28 bits per heavy atom. The van der Waals surface area contributed by atoms with E-state index in [9.17, 15) is 9.59 Å². The van der Waals surface area contributed by atoms with Crippen LogP contribution in [-0.4, -0.2) is 74.5 Å². The predicted molar refractivity (Wildman–Crippen MR) is 101 cm³/mol. The van der Waals surface area contributed by atoms with Crippen molar-refractivity contribution in [2.45, 2.75) is 20.3 Å². The molecule has 0 unspecified atom stereocenters. The molecule has 1 saturated heterocycles. The summed E-state index contributed by atoms with van der Waals surface area (Å²) < 4.78 is 0. The van der Waals surface area contributed by atoms with Crippen molar-refractivity contribution in [2.24, 2.45) is 0 Å². The summed E-state index contributed by atoms with van der Waals surface area (Å²) in [5.74, 6) is 0.122. The van der Waals surface area contributed by atoms with Gasteiger partial charge in [0.2, 0.25) is 5.91 Å². The van der Waals surface area contributed by atoms with Crippen molar-refractivity contribution in [2.75, 3.05) is 57.8 Å². The second-order valence-corrected chi connectivity index (χ2v) is 6.49. The van der Waals surface area contributed by atoms with E-state index in [1.54, 1.807) is 0 Å². The topological polar surface area (TPSA) is 55.9 Å². The van der Waals surface area contributed by atoms with E-state index >= 15 is 0 Å². The van der Waals surface area contributed by atoms with Gasteiger partial charge in [-0.1, -0.05) is 6.92 Å². The SMILES string of the molecule is CCCN(C)c1ccc(C(=O)N2CCN(CC(=O)NCC)CC2)cc1. The Bertz CT molecular complexity index is 565. The first-order chi connectivity index (χ1) is 12.0. The Labute approximate surface area is 150 Å². The summed E-state index contributed by atoms with van der Waals surface area (Å²) in [6.45, 7) is 8.93. The molecule has 1 N–H and O–H groups in total. The smallest absolute Gasteiger partial charge is 0.253 e. The highest BCUT2D eigenvalue weighted by Gasteiger charge is 2.23. The fourth-order valence-electron chi connectivity index (χ4n) is 3.07. The molecule has 1 heterocycles. The normalized spacial score (nSPS) is 15.1. The lowest BCUT2D eigenvalue weighted by Gasteiger charge is -2.34. The summed E-state index contributed by atoms with van der Waals surface area (Å²) in [5, 5.41) is 2.81. The van der Waals surface area contributed by atoms with Gasteiger partial charge in [0, 0.05) is 57.6 Å². The second-order valence-electron chi connectivity index (χ2n) is 6.49. The molecule has 0 bridgehead atoms. The van der Waals surface area contributed by atoms with Crippen LogP contribution in [0.25, 0.3) is 0 Å². The largest absolute Gasteiger partial charge is 0.375 e. The highest BCUT2D eigenvalue weighted by atomic mass is 16.2. The molecule has 0 radical (unpaired) electrons. The molecule has 0 aromatic heterocycles. The molecule has 1 fully saturated rings. The van der Waals surface area contributed by atoms with Crippen LogP contribution in [0.1, 0.15) is 30.6 Å². The quantitative estimate of drug-likeness (QED) is 0.811. The molecular formula is C19H30N4O2. The molecule has 6 heteroatoms. The second kappa shape index (κ2) is 9.42. The molecule has 1 aromatic rings. The van der Waals surface area contributed by atoms with Crippen molar-refractivity contribution in [1.82, 2.24) is 15.1 Å². The highest BCUT2D eigenvalue weighted by Crippen LogP contribution is 2.16. The average Bonchev–Trinajstić information content (AvgIpc) is 2.62. The third kappa shape index (κ3) is 5.46. The van der Waals surface area contributed by atoms with Crippen LogP contribution in [0.3, 0.4) is 0 Å². The molecule has 0 saturated carbocycles. The van der Waals surface area contributed by atoms with Crippen molar-refractivity contribution in [3.63, 3.8) is 0 Å². The average molecular weight is 346 g/mol. The fourth-order valence-corrected chi connectivity index (χ4v) is 3.07. The molecule has 0 atom stereocenters. The van der Waals surface area contributed by atoms with Crippen LogP contribution in [0.4, 0.5) is 5.69 Å². The highest BCUT2D eigenvalue weighted by molar-refractivity contribution is 5.94. The van der Waals surface area contributed by atoms with E-state index in [0.29, 0.717) is 26.2 Å². The standard InChI is InChI=1S/C19H30N4O2/c1-4-10-21(3)17-8-6-16(7-9-17)19(25)23-13-11-22(12-14-23)15-18(24)20-5-2/h6-9H,4-5,10-15H2,1-3H3,(H,20,24). The van der Waals surface area contributed by atoms with Gasteiger partial charge in [-0.15, -0.1) is 0 Å². The maximum atomic E-state index is 12.7. The summed E-state index contributed by atoms with van der Waals surface area (Å²) >= 11 is 0. The number of nitrogens with one attached hydrogen (secondary N) is 1. The van der Waals surface area contributed by atoms with Gasteiger partial charge in [-0.3, -0.25) is 14.5 Å². The van der Waals surface area contributed by atoms with Gasteiger partial charge in [0.1, 0.15) is 0 Å². The molecule has 2 amide bonds. The minimum Gasteiger partial charge on any atom is -0.375 e. The van der Waals surface area contributed by atoms with Gasteiger partial charge in [0.25, 0.3) is 5.91 Å². The predicted octanol–water partition coefficient (Wildman–Crippen LogP) is 1.43. The number of hydrogen-bond acceptors (Lipinski definition) is 4. The van der Waals surface area contributed by atoms with E-state index in [0.717, 1.165) is 37.3 Å². The Balaban J connectivity index is 1.86. The van der Waals surface area contributed by atoms with Crippen molar-refractivity contribution < 1.29 is 9.59 Å². The number of anilines is 1. The number of amides is 2. The Morgan fingerprint density at radius 2 is 1.72 bits per heavy atom. The zero-order chi connectivity index (χ0) is 18.2. The maximum absolute atomic E-state index is 12.7. The van der Waals surface area contributed by atoms with E-state index in [1.165, 1.54) is 0 Å². The molecule has 25 heavy (non-hydrogen) atoms. The summed E-state index contributed by atoms with van der Waals surface area (Å²) in [7, 11) is 2.06. The van der Waals surface area contributed by atoms with Gasteiger partial charge in [-0.05, 0) is 37.6 Å². The van der Waals surface area contributed by atoms with Crippen LogP contribution in [0, 0.1) is 0 Å². The molecule has 1 aliphatic rings. The molecule has 2 rings (SSSR count). The van der Waals surface area contributed by atoms with Gasteiger partial charge < -0.3 is 15.1 Å². The number of carbonyl (C=O) groups is 2. The molecule has 138 valence electrons. The van der Waals surface area contributed by atoms with Gasteiger partial charge in [0.05, 0.1) is 6.54 Å². The van der Waals surface area contributed by atoms with Crippen LogP contribution >= 0.6 is 0 Å². The zero-order valence-corrected chi connectivity index (χ0v) is 15.6. The van der Waals surface area contributed by atoms with Gasteiger partial charge in [0.15, 0.2) is 0 Å². The number of piperazine rings is 1. The number of benzene rings is 1. The minimum atomic E-state index is 0.0501. The van der Waals surface area contributed by atoms with Crippen LogP contribution < -0.4 is 10.2 Å². The lowest BCUT2D eigenvalue weighted by molar-refractivity contribution is -0.122. The van der Waals surface area contributed by atoms with Gasteiger partial charge in [-0.25, -0.2) is 0 Å². The summed E-state index contributed by atoms with van der Waals surface area (Å²) in [5.41, 5.74) is 1.86. The first-order valence-corrected chi connectivity index (χ1v) is 9.14. The van der Waals surface area contributed by atoms with Crippen molar-refractivity contribution >= 4 is 17.5 Å². The van der Waals surface area contributed by atoms with Gasteiger partial charge in [-0.2, -0.15) is 0 Å². The van der Waals surface area contributed by atoms with E-state index in [-0.39, 0.29) is 11.8 Å². The number of hydrogen-bond donors (Lipinski definition) is 1.